The van der Waals surface area contributed by atoms with Gasteiger partial charge in [-0.1, -0.05) is 29.4 Å². The second kappa shape index (κ2) is 14.1. The number of carbonyl (C=O) groups excluding carboxylic acids is 1. The van der Waals surface area contributed by atoms with Crippen LogP contribution in [0.2, 0.25) is 0 Å². The van der Waals surface area contributed by atoms with E-state index in [4.69, 9.17) is 9.47 Å². The number of carboxylic acid groups (broad SMARTS) is 1. The number of aromatic hydroxyl groups is 2. The average Bonchev–Trinajstić information content (AvgIpc) is 2.95. The molecule has 1 saturated heterocycles. The summed E-state index contributed by atoms with van der Waals surface area (Å²) in [6.45, 7) is 7.38. The van der Waals surface area contributed by atoms with Gasteiger partial charge in [-0.2, -0.15) is 0 Å². The van der Waals surface area contributed by atoms with Crippen LogP contribution >= 0.6 is 0 Å². The molecule has 3 rings (SSSR count). The number of carbonyl (C=O) groups is 2. The van der Waals surface area contributed by atoms with Crippen LogP contribution in [0.1, 0.15) is 60.8 Å². The number of benzene rings is 2. The Balaban J connectivity index is 1.94. The van der Waals surface area contributed by atoms with E-state index in [-0.39, 0.29) is 34.6 Å². The molecule has 12 nitrogen and oxygen atoms in total. The number of ether oxygens (including phenoxy) is 2. The standard InChI is InChI=1S/C31H38O12/c1-14(2)5-7-16-11-18(9-10-20(16)32)23(34)25(36)24(35)19-12-17(8-6-15(3)4)22(13-21(19)33)42-31-28(39)26(37)27(38)29(43-31)30(40)41/h5-6,9-13,23,25-29,31-34,36-39H,7-8H2,1-4H3,(H,40,41). The maximum Gasteiger partial charge on any atom is 0.335 e. The molecule has 234 valence electrons. The molecule has 1 heterocycles. The van der Waals surface area contributed by atoms with E-state index >= 15 is 0 Å². The first-order valence-corrected chi connectivity index (χ1v) is 13.6. The Labute approximate surface area is 248 Å². The lowest BCUT2D eigenvalue weighted by molar-refractivity contribution is -0.271. The van der Waals surface area contributed by atoms with E-state index in [0.29, 0.717) is 12.0 Å². The van der Waals surface area contributed by atoms with E-state index in [2.05, 4.69) is 0 Å². The zero-order valence-electron chi connectivity index (χ0n) is 24.2. The van der Waals surface area contributed by atoms with Crippen molar-refractivity contribution in [2.24, 2.45) is 0 Å². The number of carboxylic acids is 1. The fourth-order valence-corrected chi connectivity index (χ4v) is 4.42. The quantitative estimate of drug-likeness (QED) is 0.136. The summed E-state index contributed by atoms with van der Waals surface area (Å²) in [5.41, 5.74) is 2.41. The summed E-state index contributed by atoms with van der Waals surface area (Å²) in [4.78, 5) is 24.8. The summed E-state index contributed by atoms with van der Waals surface area (Å²) in [6.07, 6.45) is -9.03. The molecule has 0 saturated carbocycles. The Morgan fingerprint density at radius 1 is 0.860 bits per heavy atom. The number of phenolic OH excluding ortho intramolecular Hbond substituents is 2. The van der Waals surface area contributed by atoms with Gasteiger partial charge >= 0.3 is 5.97 Å². The third-order valence-electron chi connectivity index (χ3n) is 6.97. The van der Waals surface area contributed by atoms with E-state index < -0.39 is 60.4 Å². The molecule has 0 aromatic heterocycles. The lowest BCUT2D eigenvalue weighted by atomic mass is 9.93. The topological polar surface area (TPSA) is 214 Å². The molecule has 7 atom stereocenters. The molecular weight excluding hydrogens is 564 g/mol. The van der Waals surface area contributed by atoms with Gasteiger partial charge in [-0.3, -0.25) is 4.79 Å². The van der Waals surface area contributed by atoms with Crippen LogP contribution in [0.3, 0.4) is 0 Å². The lowest BCUT2D eigenvalue weighted by Gasteiger charge is -2.38. The Bertz CT molecular complexity index is 1390. The largest absolute Gasteiger partial charge is 0.508 e. The Morgan fingerprint density at radius 2 is 1.47 bits per heavy atom. The van der Waals surface area contributed by atoms with Gasteiger partial charge in [-0.25, -0.2) is 4.79 Å². The van der Waals surface area contributed by atoms with Crippen molar-refractivity contribution < 1.29 is 59.9 Å². The van der Waals surface area contributed by atoms with Gasteiger partial charge in [0, 0.05) is 6.07 Å². The summed E-state index contributed by atoms with van der Waals surface area (Å²) in [6, 6.07) is 6.40. The molecule has 43 heavy (non-hydrogen) atoms. The molecule has 2 aromatic carbocycles. The minimum absolute atomic E-state index is 0.0184. The molecule has 1 fully saturated rings. The molecule has 0 aliphatic carbocycles. The highest BCUT2D eigenvalue weighted by atomic mass is 16.7. The zero-order valence-corrected chi connectivity index (χ0v) is 24.2. The number of hydrogen-bond donors (Lipinski definition) is 8. The molecule has 12 heteroatoms. The molecule has 8 N–H and O–H groups in total. The molecule has 2 aromatic rings. The first-order chi connectivity index (χ1) is 20.1. The molecule has 1 aliphatic rings. The predicted octanol–water partition coefficient (Wildman–Crippen LogP) is 1.66. The number of aliphatic hydroxyl groups excluding tert-OH is 5. The van der Waals surface area contributed by atoms with Crippen LogP contribution in [0.15, 0.2) is 53.6 Å². The average molecular weight is 603 g/mol. The van der Waals surface area contributed by atoms with Gasteiger partial charge < -0.3 is 50.3 Å². The number of phenols is 2. The number of aliphatic hydroxyl groups is 5. The molecule has 0 radical (unpaired) electrons. The SMILES string of the molecule is CC(C)=CCc1cc(C(O)C(O)C(=O)c2cc(CC=C(C)C)c(OC3OC(C(=O)O)C(O)C(O)C3O)cc2O)ccc1O. The summed E-state index contributed by atoms with van der Waals surface area (Å²) < 4.78 is 10.8. The summed E-state index contributed by atoms with van der Waals surface area (Å²) in [5.74, 6) is -3.45. The van der Waals surface area contributed by atoms with Crippen molar-refractivity contribution in [3.63, 3.8) is 0 Å². The van der Waals surface area contributed by atoms with Crippen molar-refractivity contribution in [1.82, 2.24) is 0 Å². The first kappa shape index (κ1) is 33.7. The van der Waals surface area contributed by atoms with Crippen molar-refractivity contribution in [2.75, 3.05) is 0 Å². The minimum Gasteiger partial charge on any atom is -0.508 e. The normalized spacial score (nSPS) is 23.1. The van der Waals surface area contributed by atoms with E-state index in [0.717, 1.165) is 17.2 Å². The van der Waals surface area contributed by atoms with Crippen LogP contribution < -0.4 is 4.74 Å². The van der Waals surface area contributed by atoms with Crippen molar-refractivity contribution in [2.45, 2.75) is 83.5 Å². The lowest BCUT2D eigenvalue weighted by Crippen LogP contribution is -2.61. The van der Waals surface area contributed by atoms with Gasteiger partial charge in [-0.05, 0) is 75.4 Å². The molecule has 0 amide bonds. The number of Topliss-reactive ketones (excluding diaryl/α,β-unsaturated/α-hetero) is 1. The third kappa shape index (κ3) is 7.99. The summed E-state index contributed by atoms with van der Waals surface area (Å²) in [5, 5.41) is 82.4. The van der Waals surface area contributed by atoms with Crippen LogP contribution in [0.4, 0.5) is 0 Å². The zero-order chi connectivity index (χ0) is 32.2. The second-order valence-electron chi connectivity index (χ2n) is 10.9. The third-order valence-corrected chi connectivity index (χ3v) is 6.97. The van der Waals surface area contributed by atoms with Crippen LogP contribution in [-0.4, -0.2) is 89.4 Å². The minimum atomic E-state index is -2.01. The van der Waals surface area contributed by atoms with Crippen molar-refractivity contribution in [1.29, 1.82) is 0 Å². The van der Waals surface area contributed by atoms with Gasteiger partial charge in [0.2, 0.25) is 6.29 Å². The maximum absolute atomic E-state index is 13.3. The second-order valence-corrected chi connectivity index (χ2v) is 10.9. The highest BCUT2D eigenvalue weighted by Gasteiger charge is 2.48. The van der Waals surface area contributed by atoms with Crippen molar-refractivity contribution >= 4 is 11.8 Å². The first-order valence-electron chi connectivity index (χ1n) is 13.6. The smallest absolute Gasteiger partial charge is 0.335 e. The van der Waals surface area contributed by atoms with E-state index in [1.54, 1.807) is 19.9 Å². The number of allylic oxidation sites excluding steroid dienone is 4. The fourth-order valence-electron chi connectivity index (χ4n) is 4.42. The van der Waals surface area contributed by atoms with Crippen molar-refractivity contribution in [3.8, 4) is 17.2 Å². The highest BCUT2D eigenvalue weighted by molar-refractivity contribution is 6.02. The Morgan fingerprint density at radius 3 is 2.05 bits per heavy atom. The van der Waals surface area contributed by atoms with Crippen molar-refractivity contribution in [3.05, 3.63) is 75.9 Å². The molecule has 0 spiro atoms. The van der Waals surface area contributed by atoms with E-state index in [1.165, 1.54) is 24.3 Å². The molecule has 1 aliphatic heterocycles. The molecule has 7 unspecified atom stereocenters. The number of rotatable bonds is 11. The van der Waals surface area contributed by atoms with Gasteiger partial charge in [-0.15, -0.1) is 0 Å². The summed E-state index contributed by atoms with van der Waals surface area (Å²) in [7, 11) is 0. The van der Waals surface area contributed by atoms with E-state index in [9.17, 15) is 50.4 Å². The number of aliphatic carboxylic acids is 1. The molecule has 0 bridgehead atoms. The summed E-state index contributed by atoms with van der Waals surface area (Å²) >= 11 is 0. The predicted molar refractivity (Wildman–Crippen MR) is 153 cm³/mol. The number of hydrogen-bond acceptors (Lipinski definition) is 11. The molecular formula is C31H38O12. The van der Waals surface area contributed by atoms with Crippen LogP contribution in [-0.2, 0) is 22.4 Å². The van der Waals surface area contributed by atoms with Gasteiger partial charge in [0.25, 0.3) is 0 Å². The number of ketones is 1. The Hall–Kier alpha value is -3.78. The van der Waals surface area contributed by atoms with Gasteiger partial charge in [0.05, 0.1) is 5.56 Å². The fraction of sp³-hybridized carbons (Fsp3) is 0.419. The van der Waals surface area contributed by atoms with Crippen LogP contribution in [0.25, 0.3) is 0 Å². The van der Waals surface area contributed by atoms with E-state index in [1.807, 2.05) is 19.9 Å². The highest BCUT2D eigenvalue weighted by Crippen LogP contribution is 2.35. The Kier molecular flexibility index (Phi) is 11.1. The van der Waals surface area contributed by atoms with Gasteiger partial charge in [0.1, 0.15) is 47.8 Å². The van der Waals surface area contributed by atoms with Crippen LogP contribution in [0.5, 0.6) is 17.2 Å². The van der Waals surface area contributed by atoms with Gasteiger partial charge in [0.15, 0.2) is 11.9 Å². The monoisotopic (exact) mass is 602 g/mol. The van der Waals surface area contributed by atoms with Crippen LogP contribution in [0, 0.1) is 0 Å². The maximum atomic E-state index is 13.3.